The molecule has 0 saturated heterocycles. The van der Waals surface area contributed by atoms with Gasteiger partial charge in [-0.2, -0.15) is 0 Å². The third-order valence-electron chi connectivity index (χ3n) is 4.89. The van der Waals surface area contributed by atoms with Crippen molar-refractivity contribution in [1.29, 1.82) is 0 Å². The molecule has 0 fully saturated rings. The van der Waals surface area contributed by atoms with Crippen molar-refractivity contribution in [1.82, 2.24) is 10.2 Å². The Labute approximate surface area is 171 Å². The van der Waals surface area contributed by atoms with Crippen LogP contribution in [0.15, 0.2) is 77.2 Å². The summed E-state index contributed by atoms with van der Waals surface area (Å²) in [7, 11) is 0. The number of hydrogen-bond acceptors (Lipinski definition) is 5. The molecule has 29 heavy (non-hydrogen) atoms. The van der Waals surface area contributed by atoms with Crippen LogP contribution in [0.2, 0.25) is 5.02 Å². The molecule has 0 bridgehead atoms. The molecule has 5 rings (SSSR count). The third kappa shape index (κ3) is 3.30. The molecule has 1 aromatic heterocycles. The van der Waals surface area contributed by atoms with Crippen LogP contribution in [-0.2, 0) is 0 Å². The molecule has 0 amide bonds. The van der Waals surface area contributed by atoms with Crippen LogP contribution in [-0.4, -0.2) is 16.0 Å². The van der Waals surface area contributed by atoms with Crippen LogP contribution < -0.4 is 4.74 Å². The molecular formula is C23H15ClN2O3. The highest BCUT2D eigenvalue weighted by Gasteiger charge is 2.27. The van der Waals surface area contributed by atoms with Gasteiger partial charge in [0.2, 0.25) is 11.8 Å². The summed E-state index contributed by atoms with van der Waals surface area (Å²) in [5.41, 5.74) is 3.03. The number of hydrogen-bond donors (Lipinski definition) is 0. The molecule has 0 aliphatic carbocycles. The van der Waals surface area contributed by atoms with Crippen LogP contribution in [0.1, 0.15) is 28.4 Å². The zero-order valence-corrected chi connectivity index (χ0v) is 16.0. The molecule has 6 heteroatoms. The van der Waals surface area contributed by atoms with Crippen LogP contribution in [0.4, 0.5) is 0 Å². The molecular weight excluding hydrogens is 388 g/mol. The molecule has 1 unspecified atom stereocenters. The lowest BCUT2D eigenvalue weighted by Crippen LogP contribution is -2.20. The first-order valence-corrected chi connectivity index (χ1v) is 9.54. The maximum Gasteiger partial charge on any atom is 0.249 e. The Bertz CT molecular complexity index is 1200. The number of rotatable bonds is 3. The summed E-state index contributed by atoms with van der Waals surface area (Å²) in [6, 6.07) is 22.2. The molecule has 3 aromatic carbocycles. The van der Waals surface area contributed by atoms with E-state index in [1.807, 2.05) is 60.7 Å². The molecule has 0 saturated carbocycles. The van der Waals surface area contributed by atoms with Gasteiger partial charge < -0.3 is 9.15 Å². The van der Waals surface area contributed by atoms with Crippen LogP contribution >= 0.6 is 11.6 Å². The van der Waals surface area contributed by atoms with Crippen molar-refractivity contribution in [2.45, 2.75) is 12.5 Å². The molecule has 0 spiro atoms. The summed E-state index contributed by atoms with van der Waals surface area (Å²) < 4.78 is 11.8. The molecule has 1 aliphatic heterocycles. The van der Waals surface area contributed by atoms with Crippen LogP contribution in [0.5, 0.6) is 5.75 Å². The first-order valence-electron chi connectivity index (χ1n) is 9.16. The van der Waals surface area contributed by atoms with E-state index in [1.54, 1.807) is 12.1 Å². The number of para-hydroxylation sites is 1. The standard InChI is InChI=1S/C23H15ClN2O3/c24-18-7-3-1-5-16(18)23-26-25-22(29-23)15-11-9-14(10-12-15)21-13-19(27)17-6-2-4-8-20(17)28-21/h1-12,21H,13H2. The first kappa shape index (κ1) is 17.6. The summed E-state index contributed by atoms with van der Waals surface area (Å²) >= 11 is 6.20. The van der Waals surface area contributed by atoms with Gasteiger partial charge in [0.25, 0.3) is 0 Å². The van der Waals surface area contributed by atoms with E-state index in [0.717, 1.165) is 11.1 Å². The van der Waals surface area contributed by atoms with Crippen molar-refractivity contribution in [3.63, 3.8) is 0 Å². The number of benzene rings is 3. The lowest BCUT2D eigenvalue weighted by atomic mass is 9.96. The predicted molar refractivity (Wildman–Crippen MR) is 109 cm³/mol. The minimum atomic E-state index is -0.312. The number of carbonyl (C=O) groups is 1. The van der Waals surface area contributed by atoms with Crippen LogP contribution in [0.25, 0.3) is 22.9 Å². The highest BCUT2D eigenvalue weighted by atomic mass is 35.5. The zero-order valence-electron chi connectivity index (χ0n) is 15.2. The van der Waals surface area contributed by atoms with E-state index >= 15 is 0 Å². The van der Waals surface area contributed by atoms with Gasteiger partial charge in [-0.05, 0) is 42.0 Å². The first-order chi connectivity index (χ1) is 14.2. The van der Waals surface area contributed by atoms with Crippen LogP contribution in [0, 0.1) is 0 Å². The Morgan fingerprint density at radius 2 is 1.52 bits per heavy atom. The van der Waals surface area contributed by atoms with Crippen LogP contribution in [0.3, 0.4) is 0 Å². The number of halogens is 1. The quantitative estimate of drug-likeness (QED) is 0.435. The molecule has 2 heterocycles. The lowest BCUT2D eigenvalue weighted by Gasteiger charge is -2.25. The smallest absolute Gasteiger partial charge is 0.249 e. The second-order valence-corrected chi connectivity index (χ2v) is 7.15. The molecule has 1 aliphatic rings. The van der Waals surface area contributed by atoms with E-state index < -0.39 is 0 Å². The van der Waals surface area contributed by atoms with Crippen molar-refractivity contribution < 1.29 is 13.9 Å². The number of Topliss-reactive ketones (excluding diaryl/α,β-unsaturated/α-hetero) is 1. The second kappa shape index (κ2) is 7.18. The van der Waals surface area contributed by atoms with E-state index in [0.29, 0.717) is 40.1 Å². The minimum absolute atomic E-state index is 0.0854. The molecule has 0 radical (unpaired) electrons. The van der Waals surface area contributed by atoms with E-state index in [2.05, 4.69) is 10.2 Å². The Hall–Kier alpha value is -3.44. The van der Waals surface area contributed by atoms with Gasteiger partial charge in [-0.1, -0.05) is 48.0 Å². The number of carbonyl (C=O) groups excluding carboxylic acids is 1. The Balaban J connectivity index is 1.39. The Morgan fingerprint density at radius 3 is 2.31 bits per heavy atom. The predicted octanol–water partition coefficient (Wildman–Crippen LogP) is 5.76. The highest BCUT2D eigenvalue weighted by molar-refractivity contribution is 6.33. The normalized spacial score (nSPS) is 15.6. The highest BCUT2D eigenvalue weighted by Crippen LogP contribution is 2.35. The molecule has 142 valence electrons. The fourth-order valence-corrected chi connectivity index (χ4v) is 3.60. The molecule has 4 aromatic rings. The summed E-state index contributed by atoms with van der Waals surface area (Å²) in [5.74, 6) is 1.48. The summed E-state index contributed by atoms with van der Waals surface area (Å²) in [5, 5.41) is 8.78. The second-order valence-electron chi connectivity index (χ2n) is 6.74. The van der Waals surface area contributed by atoms with Crippen molar-refractivity contribution in [2.24, 2.45) is 0 Å². The fourth-order valence-electron chi connectivity index (χ4n) is 3.38. The van der Waals surface area contributed by atoms with Gasteiger partial charge in [-0.15, -0.1) is 10.2 Å². The van der Waals surface area contributed by atoms with E-state index in [1.165, 1.54) is 0 Å². The van der Waals surface area contributed by atoms with Gasteiger partial charge in [0, 0.05) is 5.56 Å². The maximum atomic E-state index is 12.4. The zero-order chi connectivity index (χ0) is 19.8. The van der Waals surface area contributed by atoms with Crippen molar-refractivity contribution in [3.8, 4) is 28.7 Å². The number of nitrogens with zero attached hydrogens (tertiary/aromatic N) is 2. The Morgan fingerprint density at radius 1 is 0.828 bits per heavy atom. The minimum Gasteiger partial charge on any atom is -0.484 e. The van der Waals surface area contributed by atoms with Crippen molar-refractivity contribution in [2.75, 3.05) is 0 Å². The SMILES string of the molecule is O=C1CC(c2ccc(-c3nnc(-c4ccccc4Cl)o3)cc2)Oc2ccccc21. The average molecular weight is 403 g/mol. The number of ketones is 1. The van der Waals surface area contributed by atoms with Gasteiger partial charge in [0.05, 0.1) is 22.6 Å². The van der Waals surface area contributed by atoms with Crippen molar-refractivity contribution in [3.05, 3.63) is 88.9 Å². The van der Waals surface area contributed by atoms with Gasteiger partial charge in [-0.25, -0.2) is 0 Å². The summed E-state index contributed by atoms with van der Waals surface area (Å²) in [6.07, 6.45) is 0.000865. The number of fused-ring (bicyclic) bond motifs is 1. The van der Waals surface area contributed by atoms with E-state index in [9.17, 15) is 4.79 Å². The van der Waals surface area contributed by atoms with Crippen molar-refractivity contribution >= 4 is 17.4 Å². The topological polar surface area (TPSA) is 65.2 Å². The lowest BCUT2D eigenvalue weighted by molar-refractivity contribution is 0.0850. The molecule has 0 N–H and O–H groups in total. The van der Waals surface area contributed by atoms with E-state index in [4.69, 9.17) is 20.8 Å². The third-order valence-corrected chi connectivity index (χ3v) is 5.22. The van der Waals surface area contributed by atoms with Gasteiger partial charge in [0.1, 0.15) is 11.9 Å². The van der Waals surface area contributed by atoms with E-state index in [-0.39, 0.29) is 11.9 Å². The van der Waals surface area contributed by atoms with Gasteiger partial charge in [-0.3, -0.25) is 4.79 Å². The van der Waals surface area contributed by atoms with Gasteiger partial charge >= 0.3 is 0 Å². The average Bonchev–Trinajstić information content (AvgIpc) is 3.24. The molecule has 5 nitrogen and oxygen atoms in total. The number of ether oxygens (including phenoxy) is 1. The summed E-state index contributed by atoms with van der Waals surface area (Å²) in [4.78, 5) is 12.4. The Kier molecular flexibility index (Phi) is 4.37. The fraction of sp³-hybridized carbons (Fsp3) is 0.0870. The molecule has 1 atom stereocenters. The maximum absolute atomic E-state index is 12.4. The monoisotopic (exact) mass is 402 g/mol. The largest absolute Gasteiger partial charge is 0.484 e. The van der Waals surface area contributed by atoms with Gasteiger partial charge in [0.15, 0.2) is 5.78 Å². The number of aromatic nitrogens is 2. The summed E-state index contributed by atoms with van der Waals surface area (Å²) in [6.45, 7) is 0.